The van der Waals surface area contributed by atoms with Crippen LogP contribution in [-0.4, -0.2) is 36.1 Å². The Hall–Kier alpha value is -0.590. The van der Waals surface area contributed by atoms with E-state index >= 15 is 0 Å². The lowest BCUT2D eigenvalue weighted by Gasteiger charge is -2.29. The molecule has 1 saturated heterocycles. The zero-order chi connectivity index (χ0) is 13.6. The van der Waals surface area contributed by atoms with E-state index in [4.69, 9.17) is 0 Å². The summed E-state index contributed by atoms with van der Waals surface area (Å²) in [5.74, 6) is 0.753. The summed E-state index contributed by atoms with van der Waals surface area (Å²) in [5, 5.41) is 12.5. The minimum atomic E-state index is -0.345. The predicted molar refractivity (Wildman–Crippen MR) is 76.4 cm³/mol. The molecule has 1 N–H and O–H groups in total. The predicted octanol–water partition coefficient (Wildman–Crippen LogP) is 2.78. The van der Waals surface area contributed by atoms with Gasteiger partial charge >= 0.3 is 0 Å². The number of nitriles is 1. The van der Waals surface area contributed by atoms with Gasteiger partial charge in [-0.05, 0) is 58.2 Å². The van der Waals surface area contributed by atoms with Gasteiger partial charge in [-0.1, -0.05) is 20.8 Å². The van der Waals surface area contributed by atoms with Gasteiger partial charge in [-0.15, -0.1) is 0 Å². The Morgan fingerprint density at radius 3 is 2.78 bits per heavy atom. The van der Waals surface area contributed by atoms with Crippen LogP contribution in [-0.2, 0) is 0 Å². The second-order valence-electron chi connectivity index (χ2n) is 6.07. The maximum absolute atomic E-state index is 9.22. The Morgan fingerprint density at radius 1 is 1.50 bits per heavy atom. The van der Waals surface area contributed by atoms with Crippen LogP contribution in [0.1, 0.15) is 53.4 Å². The van der Waals surface area contributed by atoms with Crippen molar-refractivity contribution in [1.82, 2.24) is 10.2 Å². The molecule has 0 spiro atoms. The summed E-state index contributed by atoms with van der Waals surface area (Å²) in [6.07, 6.45) is 4.74. The lowest BCUT2D eigenvalue weighted by Crippen LogP contribution is -2.42. The Bertz CT molecular complexity index is 282. The zero-order valence-electron chi connectivity index (χ0n) is 12.5. The highest BCUT2D eigenvalue weighted by molar-refractivity contribution is 5.03. The molecule has 2 unspecified atom stereocenters. The molecule has 2 atom stereocenters. The first-order valence-electron chi connectivity index (χ1n) is 7.42. The van der Waals surface area contributed by atoms with Crippen molar-refractivity contribution in [3.05, 3.63) is 0 Å². The second kappa shape index (κ2) is 7.11. The first kappa shape index (κ1) is 15.5. The molecule has 0 aromatic carbocycles. The first-order chi connectivity index (χ1) is 8.52. The standard InChI is InChI=1S/C15H29N3/c1-5-17-15(4,12-16)9-7-11-18-10-6-8-14(18)13(2)3/h13-14,17H,5-11H2,1-4H3. The Labute approximate surface area is 113 Å². The van der Waals surface area contributed by atoms with Gasteiger partial charge in [0.2, 0.25) is 0 Å². The molecule has 0 aromatic rings. The normalized spacial score (nSPS) is 24.1. The van der Waals surface area contributed by atoms with E-state index in [1.807, 2.05) is 6.92 Å². The van der Waals surface area contributed by atoms with Crippen LogP contribution < -0.4 is 5.32 Å². The number of nitrogens with one attached hydrogen (secondary N) is 1. The van der Waals surface area contributed by atoms with Crippen LogP contribution in [0.5, 0.6) is 0 Å². The molecule has 1 aliphatic rings. The molecular formula is C15H29N3. The third-order valence-corrected chi connectivity index (χ3v) is 4.12. The molecular weight excluding hydrogens is 222 g/mol. The highest BCUT2D eigenvalue weighted by Crippen LogP contribution is 2.24. The van der Waals surface area contributed by atoms with Crippen molar-refractivity contribution in [3.8, 4) is 6.07 Å². The van der Waals surface area contributed by atoms with Gasteiger partial charge in [0.15, 0.2) is 0 Å². The van der Waals surface area contributed by atoms with E-state index in [-0.39, 0.29) is 5.54 Å². The van der Waals surface area contributed by atoms with Gasteiger partial charge < -0.3 is 4.90 Å². The average molecular weight is 251 g/mol. The second-order valence-corrected chi connectivity index (χ2v) is 6.07. The smallest absolute Gasteiger partial charge is 0.103 e. The first-order valence-corrected chi connectivity index (χ1v) is 7.42. The molecule has 1 aliphatic heterocycles. The van der Waals surface area contributed by atoms with E-state index < -0.39 is 0 Å². The molecule has 1 rings (SSSR count). The van der Waals surface area contributed by atoms with Crippen LogP contribution in [0.2, 0.25) is 0 Å². The number of hydrogen-bond acceptors (Lipinski definition) is 3. The van der Waals surface area contributed by atoms with Crippen molar-refractivity contribution in [2.45, 2.75) is 65.0 Å². The minimum Gasteiger partial charge on any atom is -0.300 e. The van der Waals surface area contributed by atoms with Crippen molar-refractivity contribution in [2.75, 3.05) is 19.6 Å². The molecule has 3 nitrogen and oxygen atoms in total. The zero-order valence-corrected chi connectivity index (χ0v) is 12.5. The number of likely N-dealkylation sites (tertiary alicyclic amines) is 1. The fourth-order valence-corrected chi connectivity index (χ4v) is 3.09. The van der Waals surface area contributed by atoms with Gasteiger partial charge in [0, 0.05) is 6.04 Å². The van der Waals surface area contributed by atoms with Crippen molar-refractivity contribution in [3.63, 3.8) is 0 Å². The molecule has 104 valence electrons. The van der Waals surface area contributed by atoms with Gasteiger partial charge in [-0.25, -0.2) is 0 Å². The molecule has 1 heterocycles. The summed E-state index contributed by atoms with van der Waals surface area (Å²) in [4.78, 5) is 2.62. The topological polar surface area (TPSA) is 39.1 Å². The van der Waals surface area contributed by atoms with Gasteiger partial charge in [-0.2, -0.15) is 5.26 Å². The molecule has 3 heteroatoms. The lowest BCUT2D eigenvalue weighted by molar-refractivity contribution is 0.198. The molecule has 0 aromatic heterocycles. The fraction of sp³-hybridized carbons (Fsp3) is 0.933. The van der Waals surface area contributed by atoms with E-state index in [0.717, 1.165) is 37.9 Å². The number of rotatable bonds is 7. The lowest BCUT2D eigenvalue weighted by atomic mass is 9.97. The summed E-state index contributed by atoms with van der Waals surface area (Å²) < 4.78 is 0. The SMILES string of the molecule is CCNC(C)(C#N)CCCN1CCCC1C(C)C. The van der Waals surface area contributed by atoms with Crippen LogP contribution in [0.15, 0.2) is 0 Å². The molecule has 0 aliphatic carbocycles. The molecule has 0 bridgehead atoms. The fourth-order valence-electron chi connectivity index (χ4n) is 3.09. The third kappa shape index (κ3) is 4.26. The van der Waals surface area contributed by atoms with Crippen LogP contribution >= 0.6 is 0 Å². The maximum atomic E-state index is 9.22. The molecule has 0 radical (unpaired) electrons. The molecule has 0 amide bonds. The van der Waals surface area contributed by atoms with Gasteiger partial charge in [0.1, 0.15) is 5.54 Å². The van der Waals surface area contributed by atoms with Crippen LogP contribution in [0.3, 0.4) is 0 Å². The molecule has 18 heavy (non-hydrogen) atoms. The minimum absolute atomic E-state index is 0.345. The summed E-state index contributed by atoms with van der Waals surface area (Å²) >= 11 is 0. The van der Waals surface area contributed by atoms with E-state index in [0.29, 0.717) is 0 Å². The van der Waals surface area contributed by atoms with Gasteiger partial charge in [-0.3, -0.25) is 5.32 Å². The number of hydrogen-bond donors (Lipinski definition) is 1. The van der Waals surface area contributed by atoms with E-state index in [2.05, 4.69) is 37.1 Å². The highest BCUT2D eigenvalue weighted by atomic mass is 15.2. The van der Waals surface area contributed by atoms with Crippen LogP contribution in [0.4, 0.5) is 0 Å². The van der Waals surface area contributed by atoms with E-state index in [1.54, 1.807) is 0 Å². The summed E-state index contributed by atoms with van der Waals surface area (Å²) in [7, 11) is 0. The van der Waals surface area contributed by atoms with Crippen molar-refractivity contribution >= 4 is 0 Å². The maximum Gasteiger partial charge on any atom is 0.103 e. The quantitative estimate of drug-likeness (QED) is 0.756. The Balaban J connectivity index is 2.35. The van der Waals surface area contributed by atoms with Gasteiger partial charge in [0.05, 0.1) is 6.07 Å². The Kier molecular flexibility index (Phi) is 6.11. The van der Waals surface area contributed by atoms with Crippen molar-refractivity contribution < 1.29 is 0 Å². The largest absolute Gasteiger partial charge is 0.300 e. The molecule has 0 saturated carbocycles. The van der Waals surface area contributed by atoms with E-state index in [9.17, 15) is 5.26 Å². The summed E-state index contributed by atoms with van der Waals surface area (Å²) in [6.45, 7) is 12.0. The van der Waals surface area contributed by atoms with E-state index in [1.165, 1.54) is 19.4 Å². The Morgan fingerprint density at radius 2 is 2.22 bits per heavy atom. The van der Waals surface area contributed by atoms with Gasteiger partial charge in [0.25, 0.3) is 0 Å². The summed E-state index contributed by atoms with van der Waals surface area (Å²) in [6, 6.07) is 3.17. The summed E-state index contributed by atoms with van der Waals surface area (Å²) in [5.41, 5.74) is -0.345. The van der Waals surface area contributed by atoms with Crippen LogP contribution in [0.25, 0.3) is 0 Å². The average Bonchev–Trinajstić information content (AvgIpc) is 2.78. The van der Waals surface area contributed by atoms with Crippen molar-refractivity contribution in [1.29, 1.82) is 5.26 Å². The molecule has 1 fully saturated rings. The third-order valence-electron chi connectivity index (χ3n) is 4.12. The monoisotopic (exact) mass is 251 g/mol. The van der Waals surface area contributed by atoms with Crippen LogP contribution in [0, 0.1) is 17.2 Å². The van der Waals surface area contributed by atoms with Crippen molar-refractivity contribution in [2.24, 2.45) is 5.92 Å². The highest BCUT2D eigenvalue weighted by Gasteiger charge is 2.28. The number of nitrogens with zero attached hydrogens (tertiary/aromatic N) is 2.